The van der Waals surface area contributed by atoms with Crippen molar-refractivity contribution in [2.24, 2.45) is 0 Å². The van der Waals surface area contributed by atoms with Crippen LogP contribution in [0.1, 0.15) is 31.7 Å². The molecule has 3 rings (SSSR count). The van der Waals surface area contributed by atoms with Gasteiger partial charge in [-0.3, -0.25) is 9.59 Å². The number of nitrogens with zero attached hydrogens (tertiary/aromatic N) is 3. The highest BCUT2D eigenvalue weighted by atomic mass is 16.5. The van der Waals surface area contributed by atoms with Crippen molar-refractivity contribution >= 4 is 22.8 Å². The summed E-state index contributed by atoms with van der Waals surface area (Å²) < 4.78 is 12.5. The van der Waals surface area contributed by atoms with Gasteiger partial charge in [0.1, 0.15) is 12.4 Å². The van der Waals surface area contributed by atoms with E-state index < -0.39 is 0 Å². The van der Waals surface area contributed by atoms with Gasteiger partial charge >= 0.3 is 0 Å². The van der Waals surface area contributed by atoms with Gasteiger partial charge in [-0.1, -0.05) is 18.2 Å². The lowest BCUT2D eigenvalue weighted by molar-refractivity contribution is -0.131. The number of aryl methyl sites for hydroxylation is 1. The number of likely N-dealkylation sites (N-methyl/N-ethyl adjacent to an activating group) is 1. The topological polar surface area (TPSA) is 85.7 Å². The van der Waals surface area contributed by atoms with Gasteiger partial charge < -0.3 is 24.3 Å². The van der Waals surface area contributed by atoms with Crippen molar-refractivity contribution in [3.63, 3.8) is 0 Å². The number of hydrogen-bond donors (Lipinski definition) is 1. The van der Waals surface area contributed by atoms with Gasteiger partial charge in [-0.05, 0) is 50.1 Å². The number of ether oxygens (including phenoxy) is 2. The number of benzene rings is 2. The van der Waals surface area contributed by atoms with E-state index in [1.165, 1.54) is 0 Å². The van der Waals surface area contributed by atoms with Gasteiger partial charge in [0.05, 0.1) is 31.7 Å². The van der Waals surface area contributed by atoms with Crippen molar-refractivity contribution in [3.8, 4) is 11.5 Å². The van der Waals surface area contributed by atoms with Gasteiger partial charge in [0.25, 0.3) is 0 Å². The molecule has 0 saturated carbocycles. The molecule has 0 bridgehead atoms. The van der Waals surface area contributed by atoms with Crippen molar-refractivity contribution in [2.75, 3.05) is 33.9 Å². The molecule has 2 amide bonds. The Morgan fingerprint density at radius 2 is 1.76 bits per heavy atom. The summed E-state index contributed by atoms with van der Waals surface area (Å²) in [5.74, 6) is 2.12. The molecule has 182 valence electrons. The lowest BCUT2D eigenvalue weighted by atomic mass is 10.1. The van der Waals surface area contributed by atoms with E-state index in [1.807, 2.05) is 59.7 Å². The summed E-state index contributed by atoms with van der Waals surface area (Å²) in [6, 6.07) is 13.3. The minimum Gasteiger partial charge on any atom is -0.493 e. The van der Waals surface area contributed by atoms with Crippen molar-refractivity contribution in [1.29, 1.82) is 0 Å². The Hall–Kier alpha value is -3.55. The predicted octanol–water partition coefficient (Wildman–Crippen LogP) is 3.21. The van der Waals surface area contributed by atoms with Crippen molar-refractivity contribution in [2.45, 2.75) is 39.7 Å². The average Bonchev–Trinajstić information content (AvgIpc) is 3.19. The number of fused-ring (bicyclic) bond motifs is 1. The molecule has 0 fully saturated rings. The molecule has 1 heterocycles. The highest BCUT2D eigenvalue weighted by Crippen LogP contribution is 2.27. The molecule has 8 nitrogen and oxygen atoms in total. The lowest BCUT2D eigenvalue weighted by Crippen LogP contribution is -2.33. The maximum Gasteiger partial charge on any atom is 0.242 e. The normalized spacial score (nSPS) is 10.8. The summed E-state index contributed by atoms with van der Waals surface area (Å²) in [7, 11) is 3.16. The molecule has 1 aromatic heterocycles. The smallest absolute Gasteiger partial charge is 0.242 e. The minimum absolute atomic E-state index is 0.0579. The van der Waals surface area contributed by atoms with E-state index in [4.69, 9.17) is 14.5 Å². The minimum atomic E-state index is -0.0579. The Labute approximate surface area is 200 Å². The second-order valence-corrected chi connectivity index (χ2v) is 7.99. The number of para-hydroxylation sites is 2. The van der Waals surface area contributed by atoms with Crippen LogP contribution >= 0.6 is 0 Å². The standard InChI is InChI=1S/C26H34N4O4/c1-5-29(6-2)26(32)18-30-21-11-8-7-10-20(21)28-24(30)12-9-15-27-25(31)17-19-13-14-22(33-3)23(16-19)34-4/h7-8,10-11,13-14,16H,5-6,9,12,15,17-18H2,1-4H3,(H,27,31). The molecule has 2 aromatic carbocycles. The molecule has 0 saturated heterocycles. The first-order valence-electron chi connectivity index (χ1n) is 11.7. The summed E-state index contributed by atoms with van der Waals surface area (Å²) in [4.78, 5) is 31.7. The van der Waals surface area contributed by atoms with Gasteiger partial charge in [0, 0.05) is 26.1 Å². The molecule has 0 unspecified atom stereocenters. The number of amides is 2. The molecule has 1 N–H and O–H groups in total. The maximum absolute atomic E-state index is 12.8. The fourth-order valence-electron chi connectivity index (χ4n) is 4.02. The van der Waals surface area contributed by atoms with Crippen LogP contribution in [0, 0.1) is 0 Å². The molecule has 0 aliphatic carbocycles. The highest BCUT2D eigenvalue weighted by molar-refractivity contribution is 5.81. The third kappa shape index (κ3) is 6.07. The Kier molecular flexibility index (Phi) is 8.90. The van der Waals surface area contributed by atoms with E-state index >= 15 is 0 Å². The number of aromatic nitrogens is 2. The summed E-state index contributed by atoms with van der Waals surface area (Å²) in [5, 5.41) is 2.97. The van der Waals surface area contributed by atoms with E-state index in [0.717, 1.165) is 28.8 Å². The van der Waals surface area contributed by atoms with Gasteiger partial charge in [0.15, 0.2) is 11.5 Å². The Morgan fingerprint density at radius 1 is 1.03 bits per heavy atom. The average molecular weight is 467 g/mol. The summed E-state index contributed by atoms with van der Waals surface area (Å²) >= 11 is 0. The van der Waals surface area contributed by atoms with Crippen molar-refractivity contribution < 1.29 is 19.1 Å². The second kappa shape index (κ2) is 12.1. The van der Waals surface area contributed by atoms with Gasteiger partial charge in [-0.15, -0.1) is 0 Å². The third-order valence-electron chi connectivity index (χ3n) is 5.86. The van der Waals surface area contributed by atoms with E-state index in [2.05, 4.69) is 5.32 Å². The number of methoxy groups -OCH3 is 2. The molecule has 0 aliphatic heterocycles. The van der Waals surface area contributed by atoms with Crippen LogP contribution in [0.25, 0.3) is 11.0 Å². The van der Waals surface area contributed by atoms with Gasteiger partial charge in [0.2, 0.25) is 11.8 Å². The van der Waals surface area contributed by atoms with E-state index in [9.17, 15) is 9.59 Å². The van der Waals surface area contributed by atoms with Gasteiger partial charge in [-0.2, -0.15) is 0 Å². The number of carbonyl (C=O) groups excluding carboxylic acids is 2. The highest BCUT2D eigenvalue weighted by Gasteiger charge is 2.16. The first-order chi connectivity index (χ1) is 16.5. The molecule has 8 heteroatoms. The van der Waals surface area contributed by atoms with Crippen LogP contribution in [-0.4, -0.2) is 60.1 Å². The van der Waals surface area contributed by atoms with Crippen LogP contribution in [0.3, 0.4) is 0 Å². The first kappa shape index (κ1) is 25.1. The van der Waals surface area contributed by atoms with Gasteiger partial charge in [-0.25, -0.2) is 4.98 Å². The van der Waals surface area contributed by atoms with Crippen molar-refractivity contribution in [3.05, 3.63) is 53.9 Å². The first-order valence-corrected chi connectivity index (χ1v) is 11.7. The number of nitrogens with one attached hydrogen (secondary N) is 1. The van der Waals surface area contributed by atoms with Crippen LogP contribution in [0.5, 0.6) is 11.5 Å². The van der Waals surface area contributed by atoms with Crippen molar-refractivity contribution in [1.82, 2.24) is 19.8 Å². The van der Waals surface area contributed by atoms with Crippen LogP contribution in [0.2, 0.25) is 0 Å². The number of imidazole rings is 1. The Morgan fingerprint density at radius 3 is 2.47 bits per heavy atom. The monoisotopic (exact) mass is 466 g/mol. The summed E-state index contributed by atoms with van der Waals surface area (Å²) in [5.41, 5.74) is 2.68. The van der Waals surface area contributed by atoms with E-state index in [0.29, 0.717) is 37.6 Å². The van der Waals surface area contributed by atoms with Crippen LogP contribution in [0.4, 0.5) is 0 Å². The van der Waals surface area contributed by atoms with E-state index in [1.54, 1.807) is 20.3 Å². The molecule has 0 radical (unpaired) electrons. The fourth-order valence-corrected chi connectivity index (χ4v) is 4.02. The van der Waals surface area contributed by atoms with Crippen LogP contribution in [-0.2, 0) is 29.0 Å². The zero-order valence-corrected chi connectivity index (χ0v) is 20.5. The quantitative estimate of drug-likeness (QED) is 0.414. The molecule has 34 heavy (non-hydrogen) atoms. The van der Waals surface area contributed by atoms with E-state index in [-0.39, 0.29) is 24.8 Å². The summed E-state index contributed by atoms with van der Waals surface area (Å²) in [6.45, 7) is 6.13. The number of carbonyl (C=O) groups is 2. The fraction of sp³-hybridized carbons (Fsp3) is 0.423. The Bertz CT molecular complexity index is 1120. The molecule has 0 spiro atoms. The Balaban J connectivity index is 1.59. The molecule has 3 aromatic rings. The number of hydrogen-bond acceptors (Lipinski definition) is 5. The largest absolute Gasteiger partial charge is 0.493 e. The SMILES string of the molecule is CCN(CC)C(=O)Cn1c(CCCNC(=O)Cc2ccc(OC)c(OC)c2)nc2ccccc21. The number of rotatable bonds is 12. The maximum atomic E-state index is 12.8. The molecule has 0 aliphatic rings. The molecular formula is C26H34N4O4. The predicted molar refractivity (Wildman–Crippen MR) is 132 cm³/mol. The zero-order valence-electron chi connectivity index (χ0n) is 20.5. The molecule has 0 atom stereocenters. The third-order valence-corrected chi connectivity index (χ3v) is 5.86. The molecular weight excluding hydrogens is 432 g/mol. The lowest BCUT2D eigenvalue weighted by Gasteiger charge is -2.20. The second-order valence-electron chi connectivity index (χ2n) is 7.99. The van der Waals surface area contributed by atoms with Crippen LogP contribution in [0.15, 0.2) is 42.5 Å². The zero-order chi connectivity index (χ0) is 24.5. The van der Waals surface area contributed by atoms with Crippen LogP contribution < -0.4 is 14.8 Å². The summed E-state index contributed by atoms with van der Waals surface area (Å²) in [6.07, 6.45) is 1.65.